The lowest BCUT2D eigenvalue weighted by atomic mass is 10.0. The second kappa shape index (κ2) is 5.27. The van der Waals surface area contributed by atoms with Crippen molar-refractivity contribution in [3.63, 3.8) is 0 Å². The van der Waals surface area contributed by atoms with Crippen molar-refractivity contribution in [2.75, 3.05) is 5.88 Å². The Morgan fingerprint density at radius 2 is 2.19 bits per heavy atom. The average molecular weight is 235 g/mol. The van der Waals surface area contributed by atoms with Crippen molar-refractivity contribution in [3.05, 3.63) is 35.9 Å². The number of hydrogen-bond donors (Lipinski definition) is 1. The van der Waals surface area contributed by atoms with E-state index in [1.165, 1.54) is 5.56 Å². The van der Waals surface area contributed by atoms with E-state index in [0.29, 0.717) is 6.29 Å². The van der Waals surface area contributed by atoms with Crippen LogP contribution in [0, 0.1) is 0 Å². The first-order chi connectivity index (χ1) is 7.81. The van der Waals surface area contributed by atoms with Gasteiger partial charge in [-0.1, -0.05) is 30.3 Å². The molecule has 1 aromatic carbocycles. The van der Waals surface area contributed by atoms with Gasteiger partial charge in [-0.2, -0.15) is 0 Å². The normalized spacial score (nSPS) is 24.2. The molecule has 0 spiro atoms. The molecule has 0 radical (unpaired) electrons. The van der Waals surface area contributed by atoms with Gasteiger partial charge in [0, 0.05) is 11.1 Å². The summed E-state index contributed by atoms with van der Waals surface area (Å²) in [6, 6.07) is 9.71. The van der Waals surface area contributed by atoms with Gasteiger partial charge in [0.15, 0.2) is 6.29 Å². The minimum atomic E-state index is -0.342. The predicted octanol–water partition coefficient (Wildman–Crippen LogP) is 1.03. The van der Waals surface area contributed by atoms with Crippen LogP contribution in [0.4, 0.5) is 0 Å². The lowest BCUT2D eigenvalue weighted by molar-refractivity contribution is -0.131. The van der Waals surface area contributed by atoms with E-state index < -0.39 is 0 Å². The number of carbonyl (C=O) groups is 2. The van der Waals surface area contributed by atoms with E-state index in [2.05, 4.69) is 5.32 Å². The molecule has 84 valence electrons. The molecule has 1 heterocycles. The van der Waals surface area contributed by atoms with Crippen LogP contribution in [-0.2, 0) is 16.0 Å². The molecule has 0 bridgehead atoms. The molecule has 0 amide bonds. The fourth-order valence-electron chi connectivity index (χ4n) is 1.85. The zero-order valence-electron chi connectivity index (χ0n) is 8.76. The minimum Gasteiger partial charge on any atom is -0.297 e. The monoisotopic (exact) mass is 235 g/mol. The van der Waals surface area contributed by atoms with Gasteiger partial charge in [0.2, 0.25) is 5.78 Å². The van der Waals surface area contributed by atoms with E-state index in [9.17, 15) is 9.59 Å². The summed E-state index contributed by atoms with van der Waals surface area (Å²) < 4.78 is 0. The van der Waals surface area contributed by atoms with Gasteiger partial charge in [-0.3, -0.25) is 14.9 Å². The lowest BCUT2D eigenvalue weighted by Crippen LogP contribution is -2.39. The number of carbonyl (C=O) groups excluding carboxylic acids is 2. The van der Waals surface area contributed by atoms with E-state index in [1.807, 2.05) is 30.3 Å². The average Bonchev–Trinajstić information content (AvgIpc) is 2.77. The van der Waals surface area contributed by atoms with Crippen LogP contribution >= 0.6 is 11.8 Å². The summed E-state index contributed by atoms with van der Waals surface area (Å²) in [4.78, 5) is 21.9. The Labute approximate surface area is 98.6 Å². The van der Waals surface area contributed by atoms with Gasteiger partial charge in [0.05, 0.1) is 6.04 Å². The molecule has 3 nitrogen and oxygen atoms in total. The summed E-state index contributed by atoms with van der Waals surface area (Å²) in [5.41, 5.74) is 1.20. The first-order valence-corrected chi connectivity index (χ1v) is 6.24. The van der Waals surface area contributed by atoms with E-state index in [4.69, 9.17) is 0 Å². The SMILES string of the molecule is O=CC(=O)C1NCSC1Cc1ccccc1. The van der Waals surface area contributed by atoms with Gasteiger partial charge in [0.25, 0.3) is 0 Å². The largest absolute Gasteiger partial charge is 0.297 e. The zero-order chi connectivity index (χ0) is 11.4. The molecule has 2 unspecified atom stereocenters. The number of Topliss-reactive ketones (excluding diaryl/α,β-unsaturated/α-hetero) is 1. The van der Waals surface area contributed by atoms with Crippen molar-refractivity contribution in [3.8, 4) is 0 Å². The fourth-order valence-corrected chi connectivity index (χ4v) is 3.08. The molecule has 16 heavy (non-hydrogen) atoms. The second-order valence-electron chi connectivity index (χ2n) is 3.74. The van der Waals surface area contributed by atoms with E-state index >= 15 is 0 Å². The molecule has 1 aromatic rings. The third kappa shape index (κ3) is 2.51. The van der Waals surface area contributed by atoms with Crippen molar-refractivity contribution < 1.29 is 9.59 Å². The second-order valence-corrected chi connectivity index (χ2v) is 4.97. The number of aldehydes is 1. The summed E-state index contributed by atoms with van der Waals surface area (Å²) in [5.74, 6) is 0.396. The maximum atomic E-state index is 11.4. The van der Waals surface area contributed by atoms with Gasteiger partial charge in [0.1, 0.15) is 0 Å². The first-order valence-electron chi connectivity index (χ1n) is 5.19. The lowest BCUT2D eigenvalue weighted by Gasteiger charge is -2.14. The Kier molecular flexibility index (Phi) is 3.74. The third-order valence-electron chi connectivity index (χ3n) is 2.67. The zero-order valence-corrected chi connectivity index (χ0v) is 9.57. The predicted molar refractivity (Wildman–Crippen MR) is 64.4 cm³/mol. The van der Waals surface area contributed by atoms with E-state index in [-0.39, 0.29) is 17.1 Å². The highest BCUT2D eigenvalue weighted by atomic mass is 32.2. The van der Waals surface area contributed by atoms with Gasteiger partial charge in [-0.25, -0.2) is 0 Å². The van der Waals surface area contributed by atoms with Gasteiger partial charge in [-0.15, -0.1) is 11.8 Å². The van der Waals surface area contributed by atoms with Crippen LogP contribution in [0.15, 0.2) is 30.3 Å². The number of rotatable bonds is 4. The number of benzene rings is 1. The van der Waals surface area contributed by atoms with Crippen molar-refractivity contribution in [2.24, 2.45) is 0 Å². The summed E-state index contributed by atoms with van der Waals surface area (Å²) in [6.07, 6.45) is 1.24. The molecule has 1 saturated heterocycles. The number of thioether (sulfide) groups is 1. The van der Waals surface area contributed by atoms with Gasteiger partial charge < -0.3 is 0 Å². The van der Waals surface area contributed by atoms with E-state index in [0.717, 1.165) is 12.3 Å². The Hall–Kier alpha value is -1.13. The first kappa shape index (κ1) is 11.4. The molecule has 0 aliphatic carbocycles. The van der Waals surface area contributed by atoms with Crippen LogP contribution in [0.2, 0.25) is 0 Å². The topological polar surface area (TPSA) is 46.2 Å². The van der Waals surface area contributed by atoms with Crippen molar-refractivity contribution in [2.45, 2.75) is 17.7 Å². The summed E-state index contributed by atoms with van der Waals surface area (Å²) in [6.45, 7) is 0. The molecule has 1 aliphatic heterocycles. The Balaban J connectivity index is 2.04. The van der Waals surface area contributed by atoms with Gasteiger partial charge >= 0.3 is 0 Å². The molecular weight excluding hydrogens is 222 g/mol. The Morgan fingerprint density at radius 1 is 1.44 bits per heavy atom. The molecule has 1 fully saturated rings. The van der Waals surface area contributed by atoms with Crippen molar-refractivity contribution >= 4 is 23.8 Å². The third-order valence-corrected chi connectivity index (χ3v) is 3.88. The van der Waals surface area contributed by atoms with Crippen LogP contribution in [0.1, 0.15) is 5.56 Å². The maximum Gasteiger partial charge on any atom is 0.213 e. The minimum absolute atomic E-state index is 0.167. The molecule has 2 atom stereocenters. The Morgan fingerprint density at radius 3 is 2.88 bits per heavy atom. The van der Waals surface area contributed by atoms with Crippen LogP contribution in [0.25, 0.3) is 0 Å². The molecule has 1 N–H and O–H groups in total. The number of nitrogens with one attached hydrogen (secondary N) is 1. The van der Waals surface area contributed by atoms with Crippen LogP contribution in [-0.4, -0.2) is 29.2 Å². The molecule has 0 aromatic heterocycles. The maximum absolute atomic E-state index is 11.4. The van der Waals surface area contributed by atoms with Crippen molar-refractivity contribution in [1.82, 2.24) is 5.32 Å². The molecule has 0 saturated carbocycles. The molecule has 1 aliphatic rings. The highest BCUT2D eigenvalue weighted by Crippen LogP contribution is 2.24. The highest BCUT2D eigenvalue weighted by molar-refractivity contribution is 8.00. The summed E-state index contributed by atoms with van der Waals surface area (Å²) in [5, 5.41) is 3.23. The van der Waals surface area contributed by atoms with Crippen LogP contribution in [0.3, 0.4) is 0 Å². The van der Waals surface area contributed by atoms with E-state index in [1.54, 1.807) is 11.8 Å². The quantitative estimate of drug-likeness (QED) is 0.625. The van der Waals surface area contributed by atoms with Crippen LogP contribution in [0.5, 0.6) is 0 Å². The summed E-state index contributed by atoms with van der Waals surface area (Å²) >= 11 is 1.70. The molecule has 2 rings (SSSR count). The molecule has 4 heteroatoms. The smallest absolute Gasteiger partial charge is 0.213 e. The number of ketones is 1. The standard InChI is InChI=1S/C12H13NO2S/c14-7-10(15)12-11(16-8-13-12)6-9-4-2-1-3-5-9/h1-5,7,11-13H,6,8H2. The van der Waals surface area contributed by atoms with Gasteiger partial charge in [-0.05, 0) is 12.0 Å². The number of hydrogen-bond acceptors (Lipinski definition) is 4. The Bertz CT molecular complexity index is 380. The highest BCUT2D eigenvalue weighted by Gasteiger charge is 2.32. The summed E-state index contributed by atoms with van der Waals surface area (Å²) in [7, 11) is 0. The molecular formula is C12H13NO2S. The van der Waals surface area contributed by atoms with Crippen molar-refractivity contribution in [1.29, 1.82) is 0 Å². The van der Waals surface area contributed by atoms with Crippen LogP contribution < -0.4 is 5.32 Å². The fraction of sp³-hybridized carbons (Fsp3) is 0.333.